The van der Waals surface area contributed by atoms with Crippen LogP contribution in [-0.2, 0) is 16.0 Å². The van der Waals surface area contributed by atoms with E-state index in [4.69, 9.17) is 9.47 Å². The van der Waals surface area contributed by atoms with Crippen molar-refractivity contribution in [2.75, 3.05) is 40.4 Å². The number of likely N-dealkylation sites (N-methyl/N-ethyl adjacent to an activating group) is 1. The molecule has 2 aromatic carbocycles. The zero-order valence-electron chi connectivity index (χ0n) is 17.4. The Morgan fingerprint density at radius 2 is 1.72 bits per heavy atom. The average molecular weight is 399 g/mol. The molecular weight excluding hydrogens is 368 g/mol. The van der Waals surface area contributed by atoms with Crippen LogP contribution in [0.5, 0.6) is 5.75 Å². The molecule has 0 aliphatic carbocycles. The van der Waals surface area contributed by atoms with Crippen LogP contribution in [0.2, 0.25) is 0 Å². The molecule has 0 spiro atoms. The van der Waals surface area contributed by atoms with Crippen LogP contribution in [0.15, 0.2) is 54.6 Å². The fourth-order valence-corrected chi connectivity index (χ4v) is 2.83. The van der Waals surface area contributed by atoms with Crippen molar-refractivity contribution >= 4 is 11.9 Å². The van der Waals surface area contributed by atoms with Gasteiger partial charge < -0.3 is 19.7 Å². The minimum atomic E-state index is -0.455. The molecule has 0 bridgehead atoms. The number of carbonyl (C=O) groups is 2. The Labute approximate surface area is 172 Å². The molecule has 1 unspecified atom stereocenters. The third-order valence-corrected chi connectivity index (χ3v) is 4.38. The lowest BCUT2D eigenvalue weighted by atomic mass is 9.99. The standard InChI is InChI=1S/C23H30N2O4/c1-4-28-23(27)19(16-18-10-6-5-7-11-18)17-24-22(26)20-12-8-9-13-21(20)29-15-14-25(2)3/h5-13,19H,4,14-17H2,1-3H3,(H,24,26). The predicted molar refractivity (Wildman–Crippen MR) is 113 cm³/mol. The second kappa shape index (κ2) is 11.9. The maximum Gasteiger partial charge on any atom is 0.311 e. The monoisotopic (exact) mass is 398 g/mol. The van der Waals surface area contributed by atoms with E-state index in [-0.39, 0.29) is 18.4 Å². The molecule has 6 nitrogen and oxygen atoms in total. The molecule has 0 aliphatic rings. The molecule has 1 N–H and O–H groups in total. The number of benzene rings is 2. The second-order valence-corrected chi connectivity index (χ2v) is 7.00. The third-order valence-electron chi connectivity index (χ3n) is 4.38. The predicted octanol–water partition coefficient (Wildman–Crippen LogP) is 2.78. The van der Waals surface area contributed by atoms with Gasteiger partial charge >= 0.3 is 5.97 Å². The molecule has 0 aromatic heterocycles. The minimum absolute atomic E-state index is 0.193. The molecule has 1 atom stereocenters. The molecule has 0 aliphatic heterocycles. The summed E-state index contributed by atoms with van der Waals surface area (Å²) in [5.41, 5.74) is 1.47. The van der Waals surface area contributed by atoms with Crippen LogP contribution in [0.4, 0.5) is 0 Å². The van der Waals surface area contributed by atoms with Crippen molar-refractivity contribution in [3.8, 4) is 5.75 Å². The Hall–Kier alpha value is -2.86. The van der Waals surface area contributed by atoms with Gasteiger partial charge in [0.2, 0.25) is 0 Å². The number of nitrogens with one attached hydrogen (secondary N) is 1. The minimum Gasteiger partial charge on any atom is -0.491 e. The van der Waals surface area contributed by atoms with E-state index in [0.717, 1.165) is 12.1 Å². The molecule has 2 aromatic rings. The summed E-state index contributed by atoms with van der Waals surface area (Å²) in [5.74, 6) is -0.509. The summed E-state index contributed by atoms with van der Waals surface area (Å²) in [4.78, 5) is 27.1. The number of nitrogens with zero attached hydrogens (tertiary/aromatic N) is 1. The van der Waals surface area contributed by atoms with E-state index in [0.29, 0.717) is 30.9 Å². The van der Waals surface area contributed by atoms with Gasteiger partial charge in [0.25, 0.3) is 5.91 Å². The van der Waals surface area contributed by atoms with Crippen LogP contribution >= 0.6 is 0 Å². The number of carbonyl (C=O) groups excluding carboxylic acids is 2. The zero-order chi connectivity index (χ0) is 21.1. The largest absolute Gasteiger partial charge is 0.491 e. The van der Waals surface area contributed by atoms with Gasteiger partial charge in [-0.3, -0.25) is 9.59 Å². The highest BCUT2D eigenvalue weighted by Crippen LogP contribution is 2.18. The van der Waals surface area contributed by atoms with Gasteiger partial charge in [-0.05, 0) is 45.1 Å². The molecule has 0 fully saturated rings. The summed E-state index contributed by atoms with van der Waals surface area (Å²) < 4.78 is 11.0. The lowest BCUT2D eigenvalue weighted by Crippen LogP contribution is -2.35. The van der Waals surface area contributed by atoms with Gasteiger partial charge in [0, 0.05) is 13.1 Å². The van der Waals surface area contributed by atoms with Crippen LogP contribution in [-0.4, -0.2) is 57.2 Å². The van der Waals surface area contributed by atoms with Gasteiger partial charge in [-0.1, -0.05) is 42.5 Å². The summed E-state index contributed by atoms with van der Waals surface area (Å²) in [6.45, 7) is 3.51. The Bertz CT molecular complexity index is 777. The van der Waals surface area contributed by atoms with E-state index in [1.165, 1.54) is 0 Å². The first-order valence-electron chi connectivity index (χ1n) is 9.86. The Morgan fingerprint density at radius 1 is 1.03 bits per heavy atom. The van der Waals surface area contributed by atoms with Gasteiger partial charge in [-0.25, -0.2) is 0 Å². The van der Waals surface area contributed by atoms with Crippen molar-refractivity contribution in [2.45, 2.75) is 13.3 Å². The third kappa shape index (κ3) is 7.58. The maximum absolute atomic E-state index is 12.7. The SMILES string of the molecule is CCOC(=O)C(CNC(=O)c1ccccc1OCCN(C)C)Cc1ccccc1. The van der Waals surface area contributed by atoms with Crippen molar-refractivity contribution in [2.24, 2.45) is 5.92 Å². The van der Waals surface area contributed by atoms with Gasteiger partial charge in [0.15, 0.2) is 0 Å². The van der Waals surface area contributed by atoms with Crippen LogP contribution in [0, 0.1) is 5.92 Å². The highest BCUT2D eigenvalue weighted by atomic mass is 16.5. The molecule has 0 saturated carbocycles. The van der Waals surface area contributed by atoms with Crippen molar-refractivity contribution in [1.82, 2.24) is 10.2 Å². The van der Waals surface area contributed by atoms with Crippen molar-refractivity contribution < 1.29 is 19.1 Å². The van der Waals surface area contributed by atoms with Gasteiger partial charge in [0.1, 0.15) is 12.4 Å². The number of para-hydroxylation sites is 1. The normalized spacial score (nSPS) is 11.7. The van der Waals surface area contributed by atoms with Gasteiger partial charge in [-0.2, -0.15) is 0 Å². The summed E-state index contributed by atoms with van der Waals surface area (Å²) in [6, 6.07) is 16.8. The van der Waals surface area contributed by atoms with E-state index in [1.807, 2.05) is 55.4 Å². The molecule has 29 heavy (non-hydrogen) atoms. The van der Waals surface area contributed by atoms with E-state index >= 15 is 0 Å². The number of ether oxygens (including phenoxy) is 2. The fraction of sp³-hybridized carbons (Fsp3) is 0.391. The van der Waals surface area contributed by atoms with E-state index in [2.05, 4.69) is 5.32 Å². The topological polar surface area (TPSA) is 67.9 Å². The molecule has 6 heteroatoms. The first-order valence-corrected chi connectivity index (χ1v) is 9.86. The quantitative estimate of drug-likeness (QED) is 0.590. The van der Waals surface area contributed by atoms with Crippen molar-refractivity contribution in [3.05, 3.63) is 65.7 Å². The van der Waals surface area contributed by atoms with Crippen LogP contribution in [0.3, 0.4) is 0 Å². The summed E-state index contributed by atoms with van der Waals surface area (Å²) >= 11 is 0. The second-order valence-electron chi connectivity index (χ2n) is 7.00. The smallest absolute Gasteiger partial charge is 0.311 e. The first kappa shape index (κ1) is 22.4. The van der Waals surface area contributed by atoms with Crippen molar-refractivity contribution in [3.63, 3.8) is 0 Å². The maximum atomic E-state index is 12.7. The highest BCUT2D eigenvalue weighted by Gasteiger charge is 2.22. The molecular formula is C23H30N2O4. The fourth-order valence-electron chi connectivity index (χ4n) is 2.83. The molecule has 2 rings (SSSR count). The van der Waals surface area contributed by atoms with Gasteiger partial charge in [-0.15, -0.1) is 0 Å². The van der Waals surface area contributed by atoms with E-state index in [9.17, 15) is 9.59 Å². The number of hydrogen-bond donors (Lipinski definition) is 1. The highest BCUT2D eigenvalue weighted by molar-refractivity contribution is 5.97. The molecule has 1 amide bonds. The summed E-state index contributed by atoms with van der Waals surface area (Å²) in [5, 5.41) is 2.87. The Kier molecular flexibility index (Phi) is 9.18. The van der Waals surface area contributed by atoms with Crippen LogP contribution in [0.1, 0.15) is 22.8 Å². The summed E-state index contributed by atoms with van der Waals surface area (Å²) in [7, 11) is 3.93. The molecule has 0 saturated heterocycles. The van der Waals surface area contributed by atoms with Crippen molar-refractivity contribution in [1.29, 1.82) is 0 Å². The lowest BCUT2D eigenvalue weighted by molar-refractivity contribution is -0.147. The Morgan fingerprint density at radius 3 is 2.41 bits per heavy atom. The van der Waals surface area contributed by atoms with E-state index in [1.54, 1.807) is 25.1 Å². The number of hydrogen-bond acceptors (Lipinski definition) is 5. The zero-order valence-corrected chi connectivity index (χ0v) is 17.4. The van der Waals surface area contributed by atoms with E-state index < -0.39 is 5.92 Å². The van der Waals surface area contributed by atoms with Crippen LogP contribution in [0.25, 0.3) is 0 Å². The molecule has 0 radical (unpaired) electrons. The average Bonchev–Trinajstić information content (AvgIpc) is 2.72. The first-order chi connectivity index (χ1) is 14.0. The lowest BCUT2D eigenvalue weighted by Gasteiger charge is -2.18. The number of rotatable bonds is 11. The van der Waals surface area contributed by atoms with Gasteiger partial charge in [0.05, 0.1) is 18.1 Å². The number of amides is 1. The Balaban J connectivity index is 2.03. The molecule has 0 heterocycles. The number of esters is 1. The van der Waals surface area contributed by atoms with Crippen LogP contribution < -0.4 is 10.1 Å². The summed E-state index contributed by atoms with van der Waals surface area (Å²) in [6.07, 6.45) is 0.501. The molecule has 156 valence electrons.